The Balaban J connectivity index is 0.000000196. The molecule has 0 spiro atoms. The van der Waals surface area contributed by atoms with E-state index >= 15 is 0 Å². The number of carbonyl (C=O) groups excluding carboxylic acids is 1. The van der Waals surface area contributed by atoms with Crippen molar-refractivity contribution in [1.29, 1.82) is 0 Å². The van der Waals surface area contributed by atoms with Crippen LogP contribution in [0.15, 0.2) is 12.1 Å². The maximum Gasteiger partial charge on any atom is 0.302 e. The SMILES string of the molecule is CC(=O)OCC1CCCO1.CC(C)Nc1nc2cc(Cl)c(Cl)cc2[nH]1. The Kier molecular flexibility index (Phi) is 7.35. The van der Waals surface area contributed by atoms with E-state index in [0.29, 0.717) is 22.7 Å². The van der Waals surface area contributed by atoms with Crippen molar-refractivity contribution in [3.63, 3.8) is 0 Å². The first-order valence-corrected chi connectivity index (χ1v) is 8.97. The van der Waals surface area contributed by atoms with Gasteiger partial charge >= 0.3 is 5.97 Å². The minimum atomic E-state index is -0.226. The summed E-state index contributed by atoms with van der Waals surface area (Å²) in [6.07, 6.45) is 2.27. The van der Waals surface area contributed by atoms with Crippen LogP contribution in [-0.4, -0.2) is 41.3 Å². The molecule has 0 bridgehead atoms. The van der Waals surface area contributed by atoms with Crippen molar-refractivity contribution < 1.29 is 14.3 Å². The smallest absolute Gasteiger partial charge is 0.302 e. The van der Waals surface area contributed by atoms with Crippen molar-refractivity contribution in [2.75, 3.05) is 18.5 Å². The average molecular weight is 388 g/mol. The molecule has 1 saturated heterocycles. The molecule has 6 nitrogen and oxygen atoms in total. The molecular weight excluding hydrogens is 365 g/mol. The molecule has 2 N–H and O–H groups in total. The number of nitrogens with zero attached hydrogens (tertiary/aromatic N) is 1. The Labute approximate surface area is 157 Å². The lowest BCUT2D eigenvalue weighted by atomic mass is 10.2. The van der Waals surface area contributed by atoms with Crippen LogP contribution >= 0.6 is 23.2 Å². The fourth-order valence-corrected chi connectivity index (χ4v) is 2.65. The molecule has 3 rings (SSSR count). The molecule has 2 aromatic rings. The van der Waals surface area contributed by atoms with Gasteiger partial charge in [0, 0.05) is 19.6 Å². The first-order valence-electron chi connectivity index (χ1n) is 8.21. The zero-order valence-electron chi connectivity index (χ0n) is 14.6. The number of carbonyl (C=O) groups is 1. The summed E-state index contributed by atoms with van der Waals surface area (Å²) in [5.74, 6) is 0.508. The predicted molar refractivity (Wildman–Crippen MR) is 100 cm³/mol. The van der Waals surface area contributed by atoms with E-state index in [-0.39, 0.29) is 12.1 Å². The van der Waals surface area contributed by atoms with E-state index in [2.05, 4.69) is 15.3 Å². The highest BCUT2D eigenvalue weighted by atomic mass is 35.5. The van der Waals surface area contributed by atoms with E-state index in [0.717, 1.165) is 36.4 Å². The summed E-state index contributed by atoms with van der Waals surface area (Å²) in [6, 6.07) is 3.86. The van der Waals surface area contributed by atoms with Crippen LogP contribution < -0.4 is 5.32 Å². The van der Waals surface area contributed by atoms with Crippen LogP contribution in [0.3, 0.4) is 0 Å². The maximum atomic E-state index is 10.3. The van der Waals surface area contributed by atoms with Gasteiger partial charge in [-0.3, -0.25) is 4.79 Å². The average Bonchev–Trinajstić information content (AvgIpc) is 3.15. The second-order valence-corrected chi connectivity index (χ2v) is 6.92. The van der Waals surface area contributed by atoms with E-state index < -0.39 is 0 Å². The zero-order chi connectivity index (χ0) is 18.4. The highest BCUT2D eigenvalue weighted by molar-refractivity contribution is 6.42. The Morgan fingerprint density at radius 1 is 1.44 bits per heavy atom. The first-order chi connectivity index (χ1) is 11.8. The van der Waals surface area contributed by atoms with E-state index in [1.807, 2.05) is 13.8 Å². The molecule has 138 valence electrons. The molecule has 0 saturated carbocycles. The third-order valence-electron chi connectivity index (χ3n) is 3.45. The van der Waals surface area contributed by atoms with Gasteiger partial charge in [-0.25, -0.2) is 4.98 Å². The van der Waals surface area contributed by atoms with Gasteiger partial charge in [0.25, 0.3) is 0 Å². The number of nitrogens with one attached hydrogen (secondary N) is 2. The molecule has 1 fully saturated rings. The van der Waals surface area contributed by atoms with E-state index in [1.54, 1.807) is 12.1 Å². The van der Waals surface area contributed by atoms with Gasteiger partial charge in [-0.1, -0.05) is 23.2 Å². The van der Waals surface area contributed by atoms with Crippen molar-refractivity contribution in [3.8, 4) is 0 Å². The van der Waals surface area contributed by atoms with Gasteiger partial charge < -0.3 is 19.8 Å². The molecule has 0 amide bonds. The molecule has 0 radical (unpaired) electrons. The van der Waals surface area contributed by atoms with Crippen molar-refractivity contribution in [2.45, 2.75) is 45.8 Å². The Morgan fingerprint density at radius 3 is 2.76 bits per heavy atom. The molecule has 0 aliphatic carbocycles. The van der Waals surface area contributed by atoms with Crippen LogP contribution in [0.4, 0.5) is 5.95 Å². The molecule has 1 unspecified atom stereocenters. The highest BCUT2D eigenvalue weighted by Gasteiger charge is 2.16. The molecule has 1 atom stereocenters. The van der Waals surface area contributed by atoms with Crippen molar-refractivity contribution >= 4 is 46.2 Å². The molecule has 2 heterocycles. The lowest BCUT2D eigenvalue weighted by Crippen LogP contribution is -2.15. The van der Waals surface area contributed by atoms with Gasteiger partial charge in [-0.05, 0) is 38.8 Å². The second kappa shape index (κ2) is 9.27. The van der Waals surface area contributed by atoms with Crippen molar-refractivity contribution in [2.24, 2.45) is 0 Å². The number of H-pyrrole nitrogens is 1. The number of rotatable bonds is 4. The van der Waals surface area contributed by atoms with E-state index in [4.69, 9.17) is 32.7 Å². The standard InChI is InChI=1S/C10H11Cl2N3.C7H12O3/c1-5(2)13-10-14-8-3-6(11)7(12)4-9(8)15-10;1-6(8)10-5-7-3-2-4-9-7/h3-5H,1-2H3,(H2,13,14,15);7H,2-5H2,1H3. The van der Waals surface area contributed by atoms with Gasteiger partial charge in [-0.2, -0.15) is 0 Å². The Bertz CT molecular complexity index is 673. The monoisotopic (exact) mass is 387 g/mol. The largest absolute Gasteiger partial charge is 0.463 e. The highest BCUT2D eigenvalue weighted by Crippen LogP contribution is 2.27. The van der Waals surface area contributed by atoms with E-state index in [9.17, 15) is 4.79 Å². The summed E-state index contributed by atoms with van der Waals surface area (Å²) in [7, 11) is 0. The van der Waals surface area contributed by atoms with Gasteiger partial charge in [-0.15, -0.1) is 0 Å². The number of ether oxygens (including phenoxy) is 2. The lowest BCUT2D eigenvalue weighted by molar-refractivity contribution is -0.144. The molecule has 1 aliphatic heterocycles. The molecule has 1 aromatic carbocycles. The number of anilines is 1. The second-order valence-electron chi connectivity index (χ2n) is 6.11. The Hall–Kier alpha value is -1.50. The number of esters is 1. The summed E-state index contributed by atoms with van der Waals surface area (Å²) in [5.41, 5.74) is 1.69. The fraction of sp³-hybridized carbons (Fsp3) is 0.529. The number of fused-ring (bicyclic) bond motifs is 1. The maximum absolute atomic E-state index is 10.3. The van der Waals surface area contributed by atoms with Crippen LogP contribution in [0.25, 0.3) is 11.0 Å². The topological polar surface area (TPSA) is 76.2 Å². The van der Waals surface area contributed by atoms with Gasteiger partial charge in [0.15, 0.2) is 0 Å². The number of aromatic amines is 1. The van der Waals surface area contributed by atoms with Crippen LogP contribution in [0, 0.1) is 0 Å². The number of benzene rings is 1. The summed E-state index contributed by atoms with van der Waals surface area (Å²) in [4.78, 5) is 17.8. The summed E-state index contributed by atoms with van der Waals surface area (Å²) < 4.78 is 9.99. The van der Waals surface area contributed by atoms with Gasteiger partial charge in [0.1, 0.15) is 6.61 Å². The van der Waals surface area contributed by atoms with Crippen LogP contribution in [0.2, 0.25) is 10.0 Å². The molecule has 1 aliphatic rings. The number of hydrogen-bond acceptors (Lipinski definition) is 5. The third-order valence-corrected chi connectivity index (χ3v) is 4.17. The molecule has 1 aromatic heterocycles. The predicted octanol–water partition coefficient (Wildman–Crippen LogP) is 4.42. The van der Waals surface area contributed by atoms with Crippen LogP contribution in [0.5, 0.6) is 0 Å². The lowest BCUT2D eigenvalue weighted by Gasteiger charge is -2.07. The fourth-order valence-electron chi connectivity index (χ4n) is 2.33. The van der Waals surface area contributed by atoms with Gasteiger partial charge in [0.2, 0.25) is 5.95 Å². The number of hydrogen-bond donors (Lipinski definition) is 2. The van der Waals surface area contributed by atoms with Gasteiger partial charge in [0.05, 0.1) is 27.2 Å². The van der Waals surface area contributed by atoms with Crippen LogP contribution in [0.1, 0.15) is 33.6 Å². The third kappa shape index (κ3) is 6.38. The minimum absolute atomic E-state index is 0.156. The van der Waals surface area contributed by atoms with E-state index in [1.165, 1.54) is 6.92 Å². The molecular formula is C17H23Cl2N3O3. The summed E-state index contributed by atoms with van der Waals surface area (Å²) in [5, 5.41) is 4.23. The first kappa shape index (κ1) is 19.8. The number of imidazole rings is 1. The zero-order valence-corrected chi connectivity index (χ0v) is 16.1. The molecule has 25 heavy (non-hydrogen) atoms. The number of aromatic nitrogens is 2. The van der Waals surface area contributed by atoms with Crippen molar-refractivity contribution in [3.05, 3.63) is 22.2 Å². The quantitative estimate of drug-likeness (QED) is 0.759. The molecule has 8 heteroatoms. The Morgan fingerprint density at radius 2 is 2.16 bits per heavy atom. The summed E-state index contributed by atoms with van der Waals surface area (Å²) >= 11 is 11.8. The summed E-state index contributed by atoms with van der Waals surface area (Å²) in [6.45, 7) is 6.75. The van der Waals surface area contributed by atoms with Crippen LogP contribution in [-0.2, 0) is 14.3 Å². The normalized spacial score (nSPS) is 16.6. The number of halogens is 2. The minimum Gasteiger partial charge on any atom is -0.463 e. The van der Waals surface area contributed by atoms with Crippen molar-refractivity contribution in [1.82, 2.24) is 9.97 Å².